The number of non-ortho nitro benzene ring substituents is 1. The number of amides is 1. The smallest absolute Gasteiger partial charge is 0.270 e. The summed E-state index contributed by atoms with van der Waals surface area (Å²) in [6, 6.07) is 11.1. The number of aromatic nitrogens is 2. The Bertz CT molecular complexity index is 826. The molecule has 3 rings (SSSR count). The first-order valence-electron chi connectivity index (χ1n) is 6.28. The number of hydrogen-bond donors (Lipinski definition) is 2. The number of thiophene rings is 1. The molecule has 3 aromatic rings. The fourth-order valence-electron chi connectivity index (χ4n) is 1.89. The molecule has 0 aliphatic carbocycles. The number of rotatable bonds is 4. The Hall–Kier alpha value is -3.00. The van der Waals surface area contributed by atoms with Crippen molar-refractivity contribution in [3.8, 4) is 10.6 Å². The zero-order valence-electron chi connectivity index (χ0n) is 11.1. The predicted octanol–water partition coefficient (Wildman–Crippen LogP) is 3.30. The summed E-state index contributed by atoms with van der Waals surface area (Å²) in [7, 11) is 0. The summed E-state index contributed by atoms with van der Waals surface area (Å²) >= 11 is 1.55. The van der Waals surface area contributed by atoms with E-state index in [0.29, 0.717) is 5.82 Å². The Morgan fingerprint density at radius 2 is 2.14 bits per heavy atom. The molecule has 0 radical (unpaired) electrons. The van der Waals surface area contributed by atoms with Crippen LogP contribution in [0.1, 0.15) is 10.4 Å². The van der Waals surface area contributed by atoms with Gasteiger partial charge in [-0.15, -0.1) is 11.3 Å². The van der Waals surface area contributed by atoms with Crippen LogP contribution < -0.4 is 5.32 Å². The minimum atomic E-state index is -0.541. The second-order valence-electron chi connectivity index (χ2n) is 4.41. The zero-order valence-corrected chi connectivity index (χ0v) is 12.0. The molecule has 0 saturated carbocycles. The molecule has 0 aliphatic rings. The fraction of sp³-hybridized carbons (Fsp3) is 0. The van der Waals surface area contributed by atoms with E-state index in [4.69, 9.17) is 0 Å². The normalized spacial score (nSPS) is 10.4. The number of carbonyl (C=O) groups excluding carboxylic acids is 1. The van der Waals surface area contributed by atoms with Gasteiger partial charge in [0.25, 0.3) is 11.6 Å². The Balaban J connectivity index is 1.77. The maximum atomic E-state index is 12.1. The summed E-state index contributed by atoms with van der Waals surface area (Å²) in [6.45, 7) is 0. The van der Waals surface area contributed by atoms with Gasteiger partial charge in [-0.2, -0.15) is 5.10 Å². The average molecular weight is 314 g/mol. The minimum Gasteiger partial charge on any atom is -0.305 e. The molecule has 0 bridgehead atoms. The number of H-pyrrole nitrogens is 1. The number of carbonyl (C=O) groups is 1. The number of anilines is 1. The van der Waals surface area contributed by atoms with Gasteiger partial charge in [-0.1, -0.05) is 12.1 Å². The molecule has 0 spiro atoms. The number of nitro benzene ring substituents is 1. The number of nitro groups is 1. The first-order valence-corrected chi connectivity index (χ1v) is 7.16. The van der Waals surface area contributed by atoms with Crippen LogP contribution in [0.15, 0.2) is 47.8 Å². The summed E-state index contributed by atoms with van der Waals surface area (Å²) in [5.41, 5.74) is 0.869. The van der Waals surface area contributed by atoms with E-state index in [9.17, 15) is 14.9 Å². The molecule has 0 atom stereocenters. The second kappa shape index (κ2) is 5.78. The van der Waals surface area contributed by atoms with Gasteiger partial charge in [0, 0.05) is 23.8 Å². The number of nitrogens with zero attached hydrogens (tertiary/aromatic N) is 2. The molecule has 1 amide bonds. The number of hydrogen-bond acceptors (Lipinski definition) is 5. The zero-order chi connectivity index (χ0) is 15.5. The van der Waals surface area contributed by atoms with Gasteiger partial charge < -0.3 is 5.32 Å². The molecule has 0 saturated heterocycles. The van der Waals surface area contributed by atoms with Gasteiger partial charge in [0.15, 0.2) is 5.82 Å². The summed E-state index contributed by atoms with van der Waals surface area (Å²) in [5.74, 6) is -0.0900. The van der Waals surface area contributed by atoms with Gasteiger partial charge >= 0.3 is 0 Å². The summed E-state index contributed by atoms with van der Waals surface area (Å²) < 4.78 is 0. The number of nitrogens with one attached hydrogen (secondary N) is 2. The molecule has 110 valence electrons. The van der Waals surface area contributed by atoms with E-state index >= 15 is 0 Å². The van der Waals surface area contributed by atoms with Crippen LogP contribution in [0.3, 0.4) is 0 Å². The lowest BCUT2D eigenvalue weighted by Gasteiger charge is -2.01. The van der Waals surface area contributed by atoms with Crippen molar-refractivity contribution in [3.63, 3.8) is 0 Å². The number of aromatic amines is 1. The lowest BCUT2D eigenvalue weighted by molar-refractivity contribution is -0.384. The molecule has 2 N–H and O–H groups in total. The molecular formula is C14H10N4O3S. The van der Waals surface area contributed by atoms with E-state index in [0.717, 1.165) is 10.6 Å². The van der Waals surface area contributed by atoms with Crippen LogP contribution in [0.4, 0.5) is 11.5 Å². The Morgan fingerprint density at radius 1 is 1.27 bits per heavy atom. The van der Waals surface area contributed by atoms with Crippen molar-refractivity contribution in [1.29, 1.82) is 0 Å². The van der Waals surface area contributed by atoms with Gasteiger partial charge in [-0.3, -0.25) is 20.0 Å². The molecule has 0 aliphatic heterocycles. The van der Waals surface area contributed by atoms with Crippen molar-refractivity contribution in [3.05, 3.63) is 63.5 Å². The van der Waals surface area contributed by atoms with E-state index in [1.807, 2.05) is 17.5 Å². The van der Waals surface area contributed by atoms with Crippen LogP contribution in [0.5, 0.6) is 0 Å². The van der Waals surface area contributed by atoms with Crippen LogP contribution >= 0.6 is 11.3 Å². The molecule has 0 fully saturated rings. The summed E-state index contributed by atoms with van der Waals surface area (Å²) in [5, 5.41) is 22.1. The van der Waals surface area contributed by atoms with Crippen LogP contribution in [-0.4, -0.2) is 21.0 Å². The molecule has 1 aromatic carbocycles. The standard InChI is InChI=1S/C14H10N4O3S/c19-14(9-3-1-4-10(7-9)18(20)21)15-13-8-11(16-17-13)12-5-2-6-22-12/h1-8H,(H2,15,16,17,19). The van der Waals surface area contributed by atoms with Crippen LogP contribution in [-0.2, 0) is 0 Å². The second-order valence-corrected chi connectivity index (χ2v) is 5.35. The third kappa shape index (κ3) is 2.86. The van der Waals surface area contributed by atoms with Crippen LogP contribution in [0.25, 0.3) is 10.6 Å². The average Bonchev–Trinajstić information content (AvgIpc) is 3.18. The molecule has 0 unspecified atom stereocenters. The predicted molar refractivity (Wildman–Crippen MR) is 83.0 cm³/mol. The van der Waals surface area contributed by atoms with Crippen LogP contribution in [0, 0.1) is 10.1 Å². The van der Waals surface area contributed by atoms with E-state index in [-0.39, 0.29) is 11.3 Å². The van der Waals surface area contributed by atoms with Crippen molar-refractivity contribution >= 4 is 28.7 Å². The summed E-state index contributed by atoms with van der Waals surface area (Å²) in [6.07, 6.45) is 0. The van der Waals surface area contributed by atoms with Crippen molar-refractivity contribution < 1.29 is 9.72 Å². The van der Waals surface area contributed by atoms with Gasteiger partial charge in [0.2, 0.25) is 0 Å². The maximum absolute atomic E-state index is 12.1. The Kier molecular flexibility index (Phi) is 3.67. The fourth-order valence-corrected chi connectivity index (χ4v) is 2.59. The Labute approximate surface area is 128 Å². The summed E-state index contributed by atoms with van der Waals surface area (Å²) in [4.78, 5) is 23.3. The monoisotopic (exact) mass is 314 g/mol. The van der Waals surface area contributed by atoms with E-state index < -0.39 is 10.8 Å². The SMILES string of the molecule is O=C(Nc1cc(-c2cccs2)[nH]n1)c1cccc([N+](=O)[O-])c1. The first-order chi connectivity index (χ1) is 10.6. The lowest BCUT2D eigenvalue weighted by atomic mass is 10.2. The first kappa shape index (κ1) is 14.0. The van der Waals surface area contributed by atoms with Crippen molar-refractivity contribution in [2.75, 3.05) is 5.32 Å². The highest BCUT2D eigenvalue weighted by Crippen LogP contribution is 2.24. The largest absolute Gasteiger partial charge is 0.305 e. The highest BCUT2D eigenvalue weighted by molar-refractivity contribution is 7.13. The van der Waals surface area contributed by atoms with Gasteiger partial charge in [0.1, 0.15) is 0 Å². The van der Waals surface area contributed by atoms with Crippen molar-refractivity contribution in [2.45, 2.75) is 0 Å². The maximum Gasteiger partial charge on any atom is 0.270 e. The number of benzene rings is 1. The van der Waals surface area contributed by atoms with Gasteiger partial charge in [-0.05, 0) is 17.5 Å². The highest BCUT2D eigenvalue weighted by Gasteiger charge is 2.13. The van der Waals surface area contributed by atoms with Gasteiger partial charge in [-0.25, -0.2) is 0 Å². The van der Waals surface area contributed by atoms with E-state index in [2.05, 4.69) is 15.5 Å². The molecule has 22 heavy (non-hydrogen) atoms. The topological polar surface area (TPSA) is 101 Å². The van der Waals surface area contributed by atoms with Gasteiger partial charge in [0.05, 0.1) is 15.5 Å². The van der Waals surface area contributed by atoms with Crippen molar-refractivity contribution in [1.82, 2.24) is 10.2 Å². The molecule has 2 heterocycles. The third-order valence-corrected chi connectivity index (χ3v) is 3.83. The van der Waals surface area contributed by atoms with Crippen molar-refractivity contribution in [2.24, 2.45) is 0 Å². The molecule has 7 nitrogen and oxygen atoms in total. The quantitative estimate of drug-likeness (QED) is 0.570. The van der Waals surface area contributed by atoms with E-state index in [1.54, 1.807) is 17.4 Å². The molecule has 2 aromatic heterocycles. The molecular weight excluding hydrogens is 304 g/mol. The van der Waals surface area contributed by atoms with E-state index in [1.165, 1.54) is 24.3 Å². The highest BCUT2D eigenvalue weighted by atomic mass is 32.1. The third-order valence-electron chi connectivity index (χ3n) is 2.93. The van der Waals surface area contributed by atoms with Crippen LogP contribution in [0.2, 0.25) is 0 Å². The lowest BCUT2D eigenvalue weighted by Crippen LogP contribution is -2.12. The molecule has 8 heteroatoms. The minimum absolute atomic E-state index is 0.131. The Morgan fingerprint density at radius 3 is 2.86 bits per heavy atom.